The van der Waals surface area contributed by atoms with Crippen molar-refractivity contribution in [2.24, 2.45) is 0 Å². The third-order valence-electron chi connectivity index (χ3n) is 4.90. The number of rotatable bonds is 2. The lowest BCUT2D eigenvalue weighted by atomic mass is 10.00. The van der Waals surface area contributed by atoms with Gasteiger partial charge in [0.05, 0.1) is 0 Å². The highest BCUT2D eigenvalue weighted by Gasteiger charge is 2.39. The monoisotopic (exact) mass is 254 g/mol. The Kier molecular flexibility index (Phi) is 3.98. The van der Waals surface area contributed by atoms with Crippen LogP contribution in [0.1, 0.15) is 45.4 Å². The van der Waals surface area contributed by atoms with Crippen LogP contribution in [0.25, 0.3) is 0 Å². The normalized spacial score (nSPS) is 44.3. The van der Waals surface area contributed by atoms with Crippen LogP contribution in [0.15, 0.2) is 0 Å². The molecule has 3 heteroatoms. The van der Waals surface area contributed by atoms with Crippen LogP contribution in [0.3, 0.4) is 0 Å². The molecule has 0 saturated carbocycles. The zero-order valence-electron chi connectivity index (χ0n) is 11.0. The Labute approximate surface area is 110 Å². The van der Waals surface area contributed by atoms with Crippen LogP contribution in [0.2, 0.25) is 0 Å². The van der Waals surface area contributed by atoms with E-state index >= 15 is 0 Å². The summed E-state index contributed by atoms with van der Waals surface area (Å²) in [7, 11) is 0. The van der Waals surface area contributed by atoms with Gasteiger partial charge in [0.25, 0.3) is 0 Å². The molecule has 0 spiro atoms. The van der Waals surface area contributed by atoms with E-state index in [9.17, 15) is 0 Å². The Balaban J connectivity index is 1.67. The molecule has 1 N–H and O–H groups in total. The van der Waals surface area contributed by atoms with Crippen molar-refractivity contribution < 1.29 is 0 Å². The van der Waals surface area contributed by atoms with Crippen LogP contribution in [-0.2, 0) is 0 Å². The Morgan fingerprint density at radius 3 is 2.71 bits per heavy atom. The summed E-state index contributed by atoms with van der Waals surface area (Å²) in [6, 6.07) is 2.52. The maximum atomic E-state index is 3.73. The number of hydrogen-bond donors (Lipinski definition) is 1. The fourth-order valence-electron chi connectivity index (χ4n) is 4.04. The summed E-state index contributed by atoms with van der Waals surface area (Å²) in [5, 5.41) is 4.59. The Hall–Kier alpha value is 0.270. The lowest BCUT2D eigenvalue weighted by Crippen LogP contribution is -2.51. The molecule has 4 unspecified atom stereocenters. The highest BCUT2D eigenvalue weighted by molar-refractivity contribution is 7.99. The van der Waals surface area contributed by atoms with E-state index in [0.717, 1.165) is 23.4 Å². The molecule has 4 atom stereocenters. The summed E-state index contributed by atoms with van der Waals surface area (Å²) in [6.07, 6.45) is 8.54. The molecule has 3 fully saturated rings. The molecule has 0 aromatic carbocycles. The molecule has 98 valence electrons. The quantitative estimate of drug-likeness (QED) is 0.815. The molecule has 0 bridgehead atoms. The van der Waals surface area contributed by atoms with Gasteiger partial charge in [-0.2, -0.15) is 11.8 Å². The zero-order valence-corrected chi connectivity index (χ0v) is 11.8. The Morgan fingerprint density at radius 1 is 1.06 bits per heavy atom. The van der Waals surface area contributed by atoms with Crippen LogP contribution in [0.4, 0.5) is 0 Å². The van der Waals surface area contributed by atoms with Crippen molar-refractivity contribution in [1.29, 1.82) is 0 Å². The Bertz CT molecular complexity index is 253. The van der Waals surface area contributed by atoms with E-state index in [1.807, 2.05) is 0 Å². The first-order valence-electron chi connectivity index (χ1n) is 7.47. The largest absolute Gasteiger partial charge is 0.312 e. The Morgan fingerprint density at radius 2 is 1.94 bits per heavy atom. The van der Waals surface area contributed by atoms with Crippen molar-refractivity contribution in [3.8, 4) is 0 Å². The van der Waals surface area contributed by atoms with E-state index in [4.69, 9.17) is 0 Å². The van der Waals surface area contributed by atoms with E-state index in [1.54, 1.807) is 0 Å². The number of thioether (sulfide) groups is 1. The third kappa shape index (κ3) is 2.52. The molecular formula is C14H26N2S. The van der Waals surface area contributed by atoms with Gasteiger partial charge in [-0.25, -0.2) is 0 Å². The second kappa shape index (κ2) is 5.50. The van der Waals surface area contributed by atoms with Crippen molar-refractivity contribution in [3.05, 3.63) is 0 Å². The predicted molar refractivity (Wildman–Crippen MR) is 75.7 cm³/mol. The predicted octanol–water partition coefficient (Wildman–Crippen LogP) is 2.49. The van der Waals surface area contributed by atoms with Crippen LogP contribution >= 0.6 is 11.8 Å². The van der Waals surface area contributed by atoms with Crippen molar-refractivity contribution >= 4 is 11.8 Å². The smallest absolute Gasteiger partial charge is 0.0253 e. The van der Waals surface area contributed by atoms with Crippen molar-refractivity contribution in [1.82, 2.24) is 10.2 Å². The van der Waals surface area contributed by atoms with Crippen LogP contribution in [0, 0.1) is 0 Å². The molecule has 17 heavy (non-hydrogen) atoms. The molecule has 3 aliphatic rings. The molecule has 3 saturated heterocycles. The summed E-state index contributed by atoms with van der Waals surface area (Å²) in [5.74, 6) is 1.39. The number of nitrogens with zero attached hydrogens (tertiary/aromatic N) is 1. The average molecular weight is 254 g/mol. The highest BCUT2D eigenvalue weighted by Crippen LogP contribution is 2.35. The van der Waals surface area contributed by atoms with Gasteiger partial charge in [-0.3, -0.25) is 4.90 Å². The number of hydrogen-bond acceptors (Lipinski definition) is 3. The third-order valence-corrected chi connectivity index (χ3v) is 6.26. The van der Waals surface area contributed by atoms with E-state index in [2.05, 4.69) is 28.9 Å². The molecule has 2 nitrogen and oxygen atoms in total. The van der Waals surface area contributed by atoms with Crippen molar-refractivity contribution in [2.45, 2.75) is 68.8 Å². The van der Waals surface area contributed by atoms with Crippen molar-refractivity contribution in [2.75, 3.05) is 18.8 Å². The second-order valence-corrected chi connectivity index (χ2v) is 7.42. The van der Waals surface area contributed by atoms with Gasteiger partial charge in [-0.15, -0.1) is 0 Å². The summed E-state index contributed by atoms with van der Waals surface area (Å²) in [6.45, 7) is 5.06. The summed E-state index contributed by atoms with van der Waals surface area (Å²) in [5.41, 5.74) is 0. The fourth-order valence-corrected chi connectivity index (χ4v) is 5.26. The molecule has 0 amide bonds. The maximum Gasteiger partial charge on any atom is 0.0253 e. The summed E-state index contributed by atoms with van der Waals surface area (Å²) < 4.78 is 0. The van der Waals surface area contributed by atoms with E-state index in [-0.39, 0.29) is 0 Å². The molecular weight excluding hydrogens is 228 g/mol. The molecule has 0 aromatic heterocycles. The van der Waals surface area contributed by atoms with Crippen LogP contribution < -0.4 is 5.32 Å². The molecule has 0 aromatic rings. The van der Waals surface area contributed by atoms with E-state index in [1.165, 1.54) is 57.4 Å². The second-order valence-electron chi connectivity index (χ2n) is 5.94. The number of nitrogens with one attached hydrogen (secondary N) is 1. The van der Waals surface area contributed by atoms with Gasteiger partial charge in [-0.1, -0.05) is 6.92 Å². The first kappa shape index (κ1) is 12.3. The molecule has 3 heterocycles. The minimum atomic E-state index is 0.802. The minimum absolute atomic E-state index is 0.802. The summed E-state index contributed by atoms with van der Waals surface area (Å²) in [4.78, 5) is 2.87. The molecule has 3 aliphatic heterocycles. The topological polar surface area (TPSA) is 15.3 Å². The SMILES string of the molecule is CC1SCCCC1N1CCCC1C1CCCN1. The van der Waals surface area contributed by atoms with E-state index < -0.39 is 0 Å². The first-order valence-corrected chi connectivity index (χ1v) is 8.52. The molecule has 3 rings (SSSR count). The zero-order chi connectivity index (χ0) is 11.7. The van der Waals surface area contributed by atoms with Gasteiger partial charge in [0, 0.05) is 23.4 Å². The maximum absolute atomic E-state index is 3.73. The van der Waals surface area contributed by atoms with Gasteiger partial charge in [-0.05, 0) is 57.4 Å². The molecule has 0 radical (unpaired) electrons. The first-order chi connectivity index (χ1) is 8.36. The summed E-state index contributed by atoms with van der Waals surface area (Å²) >= 11 is 2.20. The standard InChI is InChI=1S/C14H26N2S/c1-11-13(7-4-10-17-11)16-9-3-6-14(16)12-5-2-8-15-12/h11-15H,2-10H2,1H3. The fraction of sp³-hybridized carbons (Fsp3) is 1.00. The minimum Gasteiger partial charge on any atom is -0.312 e. The van der Waals surface area contributed by atoms with Crippen LogP contribution in [-0.4, -0.2) is 47.1 Å². The van der Waals surface area contributed by atoms with Crippen LogP contribution in [0.5, 0.6) is 0 Å². The van der Waals surface area contributed by atoms with Gasteiger partial charge in [0.15, 0.2) is 0 Å². The van der Waals surface area contributed by atoms with Gasteiger partial charge >= 0.3 is 0 Å². The van der Waals surface area contributed by atoms with Crippen molar-refractivity contribution in [3.63, 3.8) is 0 Å². The average Bonchev–Trinajstić information content (AvgIpc) is 3.00. The van der Waals surface area contributed by atoms with E-state index in [0.29, 0.717) is 0 Å². The molecule has 0 aliphatic carbocycles. The highest BCUT2D eigenvalue weighted by atomic mass is 32.2. The number of likely N-dealkylation sites (tertiary alicyclic amines) is 1. The van der Waals surface area contributed by atoms with Gasteiger partial charge < -0.3 is 5.32 Å². The lowest BCUT2D eigenvalue weighted by molar-refractivity contribution is 0.142. The van der Waals surface area contributed by atoms with Gasteiger partial charge in [0.1, 0.15) is 0 Å². The van der Waals surface area contributed by atoms with Gasteiger partial charge in [0.2, 0.25) is 0 Å². The lowest BCUT2D eigenvalue weighted by Gasteiger charge is -2.41.